The zero-order valence-electron chi connectivity index (χ0n) is 10.5. The first-order valence-electron chi connectivity index (χ1n) is 6.26. The molecule has 0 aromatic heterocycles. The van der Waals surface area contributed by atoms with Crippen molar-refractivity contribution in [3.05, 3.63) is 0 Å². The maximum Gasteiger partial charge on any atom is 0.133 e. The molecule has 1 N–H and O–H groups in total. The fourth-order valence-corrected chi connectivity index (χ4v) is 1.59. The van der Waals surface area contributed by atoms with Crippen molar-refractivity contribution in [3.8, 4) is 0 Å². The summed E-state index contributed by atoms with van der Waals surface area (Å²) in [6, 6.07) is 0. The van der Waals surface area contributed by atoms with E-state index in [1.165, 1.54) is 25.7 Å². The molecule has 0 rings (SSSR count). The maximum atomic E-state index is 9.26. The molecule has 0 radical (unpaired) electrons. The van der Waals surface area contributed by atoms with Crippen LogP contribution in [0.25, 0.3) is 0 Å². The third kappa shape index (κ3) is 6.88. The largest absolute Gasteiger partial charge is 0.392 e. The number of nitrogens with zero attached hydrogens (tertiary/aromatic N) is 1. The van der Waals surface area contributed by atoms with Crippen LogP contribution in [0.4, 0.5) is 0 Å². The summed E-state index contributed by atoms with van der Waals surface area (Å²) in [7, 11) is 0. The van der Waals surface area contributed by atoms with Gasteiger partial charge in [-0.1, -0.05) is 26.7 Å². The number of hydrogen-bond donors (Lipinski definition) is 1. The predicted molar refractivity (Wildman–Crippen MR) is 63.9 cm³/mol. The minimum atomic E-state index is -0.104. The highest BCUT2D eigenvalue weighted by molar-refractivity contribution is 4.62. The van der Waals surface area contributed by atoms with Crippen molar-refractivity contribution in [2.75, 3.05) is 26.3 Å². The number of hydrogen-bond acceptors (Lipinski definition) is 3. The molecule has 0 aromatic rings. The van der Waals surface area contributed by atoms with Crippen molar-refractivity contribution < 1.29 is 9.84 Å². The highest BCUT2D eigenvalue weighted by atomic mass is 16.5. The fourth-order valence-electron chi connectivity index (χ4n) is 1.59. The molecule has 0 amide bonds. The quantitative estimate of drug-likeness (QED) is 0.570. The molecule has 0 aliphatic carbocycles. The van der Waals surface area contributed by atoms with Crippen LogP contribution in [-0.4, -0.2) is 42.5 Å². The summed E-state index contributed by atoms with van der Waals surface area (Å²) >= 11 is 0. The maximum absolute atomic E-state index is 9.26. The van der Waals surface area contributed by atoms with Gasteiger partial charge in [-0.05, 0) is 19.8 Å². The van der Waals surface area contributed by atoms with Crippen LogP contribution in [-0.2, 0) is 4.74 Å². The van der Waals surface area contributed by atoms with Crippen molar-refractivity contribution in [1.29, 1.82) is 0 Å². The van der Waals surface area contributed by atoms with Crippen LogP contribution < -0.4 is 0 Å². The van der Waals surface area contributed by atoms with Gasteiger partial charge < -0.3 is 9.84 Å². The van der Waals surface area contributed by atoms with Crippen LogP contribution in [0, 0.1) is 0 Å². The van der Waals surface area contributed by atoms with Gasteiger partial charge in [0.15, 0.2) is 0 Å². The SMILES string of the molecule is CCCCN(CCCC)C(CO)OCC. The second-order valence-corrected chi connectivity index (χ2v) is 3.84. The summed E-state index contributed by atoms with van der Waals surface area (Å²) in [6.07, 6.45) is 4.62. The van der Waals surface area contributed by atoms with E-state index in [-0.39, 0.29) is 12.8 Å². The number of ether oxygens (including phenoxy) is 1. The second kappa shape index (κ2) is 10.4. The van der Waals surface area contributed by atoms with E-state index in [4.69, 9.17) is 4.74 Å². The molecule has 0 aromatic carbocycles. The highest BCUT2D eigenvalue weighted by Crippen LogP contribution is 2.06. The molecule has 0 heterocycles. The Hall–Kier alpha value is -0.120. The Bertz CT molecular complexity index is 123. The molecule has 3 heteroatoms. The average Bonchev–Trinajstić information content (AvgIpc) is 2.27. The summed E-state index contributed by atoms with van der Waals surface area (Å²) in [4.78, 5) is 2.26. The topological polar surface area (TPSA) is 32.7 Å². The molecule has 0 saturated carbocycles. The zero-order chi connectivity index (χ0) is 11.5. The summed E-state index contributed by atoms with van der Waals surface area (Å²) in [5.74, 6) is 0. The molecule has 92 valence electrons. The van der Waals surface area contributed by atoms with Gasteiger partial charge in [-0.2, -0.15) is 0 Å². The predicted octanol–water partition coefficient (Wildman–Crippen LogP) is 2.24. The van der Waals surface area contributed by atoms with E-state index in [1.807, 2.05) is 6.92 Å². The summed E-state index contributed by atoms with van der Waals surface area (Å²) in [5, 5.41) is 9.26. The fraction of sp³-hybridized carbons (Fsp3) is 1.00. The zero-order valence-corrected chi connectivity index (χ0v) is 10.5. The van der Waals surface area contributed by atoms with Gasteiger partial charge in [0.2, 0.25) is 0 Å². The van der Waals surface area contributed by atoms with E-state index in [2.05, 4.69) is 18.7 Å². The Balaban J connectivity index is 4.02. The Morgan fingerprint density at radius 3 is 1.93 bits per heavy atom. The van der Waals surface area contributed by atoms with Gasteiger partial charge in [0.25, 0.3) is 0 Å². The average molecular weight is 217 g/mol. The molecule has 1 unspecified atom stereocenters. The van der Waals surface area contributed by atoms with Crippen molar-refractivity contribution >= 4 is 0 Å². The van der Waals surface area contributed by atoms with Crippen LogP contribution in [0.5, 0.6) is 0 Å². The van der Waals surface area contributed by atoms with Gasteiger partial charge in [-0.15, -0.1) is 0 Å². The standard InChI is InChI=1S/C12H27NO2/c1-4-7-9-13(10-8-5-2)12(11-14)15-6-3/h12,14H,4-11H2,1-3H3. The van der Waals surface area contributed by atoms with E-state index >= 15 is 0 Å². The summed E-state index contributed by atoms with van der Waals surface area (Å²) in [6.45, 7) is 9.17. The van der Waals surface area contributed by atoms with E-state index in [0.717, 1.165) is 13.1 Å². The molecule has 0 fully saturated rings. The summed E-state index contributed by atoms with van der Waals surface area (Å²) < 4.78 is 5.52. The third-order valence-corrected chi connectivity index (χ3v) is 2.52. The van der Waals surface area contributed by atoms with E-state index in [0.29, 0.717) is 6.61 Å². The molecule has 0 bridgehead atoms. The van der Waals surface area contributed by atoms with E-state index in [1.54, 1.807) is 0 Å². The molecule has 1 atom stereocenters. The second-order valence-electron chi connectivity index (χ2n) is 3.84. The van der Waals surface area contributed by atoms with Gasteiger partial charge in [0, 0.05) is 19.7 Å². The molecular weight excluding hydrogens is 190 g/mol. The monoisotopic (exact) mass is 217 g/mol. The van der Waals surface area contributed by atoms with Gasteiger partial charge in [-0.25, -0.2) is 0 Å². The van der Waals surface area contributed by atoms with Crippen LogP contribution in [0.1, 0.15) is 46.5 Å². The van der Waals surface area contributed by atoms with Gasteiger partial charge in [0.05, 0.1) is 6.61 Å². The Morgan fingerprint density at radius 2 is 1.60 bits per heavy atom. The number of rotatable bonds is 10. The first-order valence-corrected chi connectivity index (χ1v) is 6.26. The number of unbranched alkanes of at least 4 members (excludes halogenated alkanes) is 2. The highest BCUT2D eigenvalue weighted by Gasteiger charge is 2.16. The van der Waals surface area contributed by atoms with Crippen LogP contribution in [0.3, 0.4) is 0 Å². The molecule has 0 aliphatic heterocycles. The van der Waals surface area contributed by atoms with E-state index < -0.39 is 0 Å². The lowest BCUT2D eigenvalue weighted by Crippen LogP contribution is -2.41. The van der Waals surface area contributed by atoms with Crippen molar-refractivity contribution in [3.63, 3.8) is 0 Å². The minimum Gasteiger partial charge on any atom is -0.392 e. The molecule has 0 aliphatic rings. The number of aliphatic hydroxyl groups is 1. The van der Waals surface area contributed by atoms with Crippen molar-refractivity contribution in [1.82, 2.24) is 4.90 Å². The van der Waals surface area contributed by atoms with Crippen molar-refractivity contribution in [2.45, 2.75) is 52.7 Å². The van der Waals surface area contributed by atoms with E-state index in [9.17, 15) is 5.11 Å². The lowest BCUT2D eigenvalue weighted by atomic mass is 10.2. The Labute approximate surface area is 94.4 Å². The molecule has 0 spiro atoms. The molecule has 0 saturated heterocycles. The normalized spacial score (nSPS) is 13.4. The summed E-state index contributed by atoms with van der Waals surface area (Å²) in [5.41, 5.74) is 0. The number of aliphatic hydroxyl groups excluding tert-OH is 1. The van der Waals surface area contributed by atoms with Gasteiger partial charge in [0.1, 0.15) is 6.23 Å². The lowest BCUT2D eigenvalue weighted by Gasteiger charge is -2.29. The molecular formula is C12H27NO2. The first kappa shape index (κ1) is 14.9. The van der Waals surface area contributed by atoms with Crippen molar-refractivity contribution in [2.24, 2.45) is 0 Å². The van der Waals surface area contributed by atoms with Gasteiger partial charge in [-0.3, -0.25) is 4.90 Å². The lowest BCUT2D eigenvalue weighted by molar-refractivity contribution is -0.0836. The van der Waals surface area contributed by atoms with Crippen LogP contribution in [0.15, 0.2) is 0 Å². The minimum absolute atomic E-state index is 0.0985. The van der Waals surface area contributed by atoms with Gasteiger partial charge >= 0.3 is 0 Å². The van der Waals surface area contributed by atoms with Crippen LogP contribution >= 0.6 is 0 Å². The first-order chi connectivity index (χ1) is 7.29. The Morgan fingerprint density at radius 1 is 1.07 bits per heavy atom. The molecule has 15 heavy (non-hydrogen) atoms. The Kier molecular flexibility index (Phi) is 10.3. The smallest absolute Gasteiger partial charge is 0.133 e. The molecule has 3 nitrogen and oxygen atoms in total. The third-order valence-electron chi connectivity index (χ3n) is 2.52. The van der Waals surface area contributed by atoms with Crippen LogP contribution in [0.2, 0.25) is 0 Å².